The van der Waals surface area contributed by atoms with Gasteiger partial charge in [-0.25, -0.2) is 19.4 Å². The zero-order valence-electron chi connectivity index (χ0n) is 15.5. The molecule has 4 rings (SSSR count). The van der Waals surface area contributed by atoms with Crippen molar-refractivity contribution in [2.45, 2.75) is 25.9 Å². The lowest BCUT2D eigenvalue weighted by atomic mass is 10.3. The van der Waals surface area contributed by atoms with E-state index in [0.29, 0.717) is 18.9 Å². The molecule has 0 bridgehead atoms. The number of nitrogens with one attached hydrogen (secondary N) is 2. The van der Waals surface area contributed by atoms with Crippen molar-refractivity contribution in [1.82, 2.24) is 25.0 Å². The topological polar surface area (TPSA) is 69.8 Å². The van der Waals surface area contributed by atoms with Crippen LogP contribution in [0.1, 0.15) is 19.0 Å². The number of nitrogens with zero attached hydrogens (tertiary/aromatic N) is 5. The van der Waals surface area contributed by atoms with E-state index in [9.17, 15) is 4.39 Å². The molecule has 1 saturated heterocycles. The number of imidazole rings is 1. The lowest BCUT2D eigenvalue weighted by molar-refractivity contribution is 0.612. The number of fused-ring (bicyclic) bond motifs is 1. The van der Waals surface area contributed by atoms with E-state index in [1.165, 1.54) is 6.07 Å². The Bertz CT molecular complexity index is 912. The number of anilines is 1. The molecule has 150 valence electrons. The molecule has 1 fully saturated rings. The van der Waals surface area contributed by atoms with Crippen LogP contribution in [0, 0.1) is 5.82 Å². The number of guanidine groups is 1. The first-order chi connectivity index (χ1) is 13.2. The van der Waals surface area contributed by atoms with Gasteiger partial charge in [0.1, 0.15) is 0 Å². The second kappa shape index (κ2) is 9.50. The SMILES string of the molecule is CCNC(=NCc1cn2ccsc2n1)NC1CCN(c2ncccc2F)C1.I. The minimum absolute atomic E-state index is 0. The van der Waals surface area contributed by atoms with Gasteiger partial charge in [0.25, 0.3) is 0 Å². The van der Waals surface area contributed by atoms with Gasteiger partial charge in [0, 0.05) is 49.6 Å². The van der Waals surface area contributed by atoms with Gasteiger partial charge in [0.15, 0.2) is 22.6 Å². The molecule has 4 heterocycles. The molecule has 7 nitrogen and oxygen atoms in total. The number of hydrogen-bond acceptors (Lipinski definition) is 5. The molecule has 2 N–H and O–H groups in total. The third-order valence-corrected chi connectivity index (χ3v) is 5.22. The van der Waals surface area contributed by atoms with Gasteiger partial charge in [-0.1, -0.05) is 0 Å². The number of thiazole rings is 1. The minimum Gasteiger partial charge on any atom is -0.357 e. The van der Waals surface area contributed by atoms with Crippen LogP contribution in [0.5, 0.6) is 0 Å². The van der Waals surface area contributed by atoms with Gasteiger partial charge in [-0.3, -0.25) is 4.40 Å². The zero-order chi connectivity index (χ0) is 18.6. The maximum atomic E-state index is 14.0. The predicted molar refractivity (Wildman–Crippen MR) is 121 cm³/mol. The van der Waals surface area contributed by atoms with Gasteiger partial charge in [-0.15, -0.1) is 35.3 Å². The first-order valence-electron chi connectivity index (χ1n) is 9.04. The summed E-state index contributed by atoms with van der Waals surface area (Å²) in [4.78, 5) is 16.3. The number of aliphatic imine (C=N–C) groups is 1. The first kappa shape index (κ1) is 20.8. The lowest BCUT2D eigenvalue weighted by Gasteiger charge is -2.19. The fourth-order valence-electron chi connectivity index (χ4n) is 3.21. The van der Waals surface area contributed by atoms with E-state index in [2.05, 4.69) is 25.6 Å². The van der Waals surface area contributed by atoms with E-state index in [4.69, 9.17) is 0 Å². The molecule has 28 heavy (non-hydrogen) atoms. The van der Waals surface area contributed by atoms with Gasteiger partial charge in [0.2, 0.25) is 0 Å². The average molecular weight is 515 g/mol. The van der Waals surface area contributed by atoms with Crippen LogP contribution >= 0.6 is 35.3 Å². The molecule has 3 aromatic heterocycles. The molecule has 1 aliphatic heterocycles. The van der Waals surface area contributed by atoms with Crippen molar-refractivity contribution in [2.75, 3.05) is 24.5 Å². The number of halogens is 2. The quantitative estimate of drug-likeness (QED) is 0.311. The molecule has 0 aromatic carbocycles. The van der Waals surface area contributed by atoms with Gasteiger partial charge < -0.3 is 15.5 Å². The summed E-state index contributed by atoms with van der Waals surface area (Å²) >= 11 is 1.61. The molecule has 0 radical (unpaired) electrons. The summed E-state index contributed by atoms with van der Waals surface area (Å²) in [5, 5.41) is 8.73. The largest absolute Gasteiger partial charge is 0.357 e. The number of aromatic nitrogens is 3. The van der Waals surface area contributed by atoms with Crippen LogP contribution < -0.4 is 15.5 Å². The normalized spacial score (nSPS) is 17.0. The highest BCUT2D eigenvalue weighted by Crippen LogP contribution is 2.20. The Hall–Kier alpha value is -1.95. The Morgan fingerprint density at radius 1 is 1.46 bits per heavy atom. The molecule has 1 atom stereocenters. The molecule has 0 aliphatic carbocycles. The number of hydrogen-bond donors (Lipinski definition) is 2. The Labute approximate surface area is 184 Å². The van der Waals surface area contributed by atoms with Gasteiger partial charge in [0.05, 0.1) is 12.2 Å². The van der Waals surface area contributed by atoms with E-state index in [-0.39, 0.29) is 35.8 Å². The molecule has 3 aromatic rings. The highest BCUT2D eigenvalue weighted by atomic mass is 127. The predicted octanol–water partition coefficient (Wildman–Crippen LogP) is 2.88. The lowest BCUT2D eigenvalue weighted by Crippen LogP contribution is -2.44. The molecule has 1 unspecified atom stereocenters. The van der Waals surface area contributed by atoms with Crippen molar-refractivity contribution >= 4 is 52.1 Å². The monoisotopic (exact) mass is 515 g/mol. The molecular weight excluding hydrogens is 492 g/mol. The summed E-state index contributed by atoms with van der Waals surface area (Å²) in [6.07, 6.45) is 6.52. The van der Waals surface area contributed by atoms with E-state index in [1.54, 1.807) is 23.6 Å². The van der Waals surface area contributed by atoms with Gasteiger partial charge in [-0.2, -0.15) is 0 Å². The molecule has 0 saturated carbocycles. The van der Waals surface area contributed by atoms with Crippen molar-refractivity contribution in [1.29, 1.82) is 0 Å². The summed E-state index contributed by atoms with van der Waals surface area (Å²) in [5.74, 6) is 0.891. The summed E-state index contributed by atoms with van der Waals surface area (Å²) in [5.41, 5.74) is 0.933. The Morgan fingerprint density at radius 3 is 3.14 bits per heavy atom. The van der Waals surface area contributed by atoms with E-state index in [1.807, 2.05) is 34.0 Å². The summed E-state index contributed by atoms with van der Waals surface area (Å²) in [7, 11) is 0. The van der Waals surface area contributed by atoms with Crippen LogP contribution in [0.4, 0.5) is 10.2 Å². The molecular formula is C18H23FIN7S. The molecule has 1 aliphatic rings. The Kier molecular flexibility index (Phi) is 7.05. The van der Waals surface area contributed by atoms with Crippen LogP contribution in [-0.4, -0.2) is 46.0 Å². The smallest absolute Gasteiger partial charge is 0.193 e. The maximum Gasteiger partial charge on any atom is 0.193 e. The van der Waals surface area contributed by atoms with E-state index in [0.717, 1.165) is 36.1 Å². The standard InChI is InChI=1S/C18H22FN7S.HI/c1-2-20-17(22-10-14-12-26-8-9-27-18(26)24-14)23-13-5-7-25(11-13)16-15(19)4-3-6-21-16;/h3-4,6,8-9,12-13H,2,5,7,10-11H2,1H3,(H2,20,22,23);1H. The minimum atomic E-state index is -0.279. The van der Waals surface area contributed by atoms with Crippen LogP contribution in [0.15, 0.2) is 41.1 Å². The van der Waals surface area contributed by atoms with Gasteiger partial charge >= 0.3 is 0 Å². The molecule has 0 amide bonds. The third-order valence-electron chi connectivity index (χ3n) is 4.45. The third kappa shape index (κ3) is 4.72. The molecule has 10 heteroatoms. The van der Waals surface area contributed by atoms with Crippen molar-refractivity contribution < 1.29 is 4.39 Å². The van der Waals surface area contributed by atoms with Crippen molar-refractivity contribution in [3.05, 3.63) is 47.6 Å². The van der Waals surface area contributed by atoms with Crippen molar-refractivity contribution in [3.8, 4) is 0 Å². The fraction of sp³-hybridized carbons (Fsp3) is 0.389. The second-order valence-corrected chi connectivity index (χ2v) is 7.28. The average Bonchev–Trinajstić information content (AvgIpc) is 3.36. The fourth-order valence-corrected chi connectivity index (χ4v) is 3.93. The van der Waals surface area contributed by atoms with E-state index < -0.39 is 0 Å². The number of rotatable bonds is 5. The summed E-state index contributed by atoms with van der Waals surface area (Å²) in [6, 6.07) is 3.25. The van der Waals surface area contributed by atoms with Crippen molar-refractivity contribution in [2.24, 2.45) is 4.99 Å². The Balaban J connectivity index is 0.00000225. The Morgan fingerprint density at radius 2 is 2.36 bits per heavy atom. The highest BCUT2D eigenvalue weighted by molar-refractivity contribution is 14.0. The van der Waals surface area contributed by atoms with Crippen LogP contribution in [0.25, 0.3) is 4.96 Å². The van der Waals surface area contributed by atoms with Gasteiger partial charge in [-0.05, 0) is 25.5 Å². The first-order valence-corrected chi connectivity index (χ1v) is 9.92. The summed E-state index contributed by atoms with van der Waals surface area (Å²) in [6.45, 7) is 4.78. The molecule has 0 spiro atoms. The van der Waals surface area contributed by atoms with Crippen molar-refractivity contribution in [3.63, 3.8) is 0 Å². The summed E-state index contributed by atoms with van der Waals surface area (Å²) < 4.78 is 16.0. The van der Waals surface area contributed by atoms with Crippen LogP contribution in [0.3, 0.4) is 0 Å². The highest BCUT2D eigenvalue weighted by Gasteiger charge is 2.25. The maximum absolute atomic E-state index is 14.0. The second-order valence-electron chi connectivity index (χ2n) is 6.41. The number of pyridine rings is 1. The van der Waals surface area contributed by atoms with Crippen LogP contribution in [-0.2, 0) is 6.54 Å². The zero-order valence-corrected chi connectivity index (χ0v) is 18.7. The van der Waals surface area contributed by atoms with E-state index >= 15 is 0 Å². The van der Waals surface area contributed by atoms with Crippen LogP contribution in [0.2, 0.25) is 0 Å².